The Labute approximate surface area is 141 Å². The van der Waals surface area contributed by atoms with Crippen LogP contribution in [0.15, 0.2) is 52.0 Å². The number of nitrogens with one attached hydrogen (secondary N) is 2. The van der Waals surface area contributed by atoms with Crippen molar-refractivity contribution < 1.29 is 22.4 Å². The Morgan fingerprint density at radius 2 is 1.96 bits per heavy atom. The number of amides is 1. The zero-order chi connectivity index (χ0) is 17.6. The topological polar surface area (TPSA) is 97.6 Å². The number of hydrogen-bond donors (Lipinski definition) is 2. The number of carbonyl (C=O) groups excluding carboxylic acids is 1. The fourth-order valence-electron chi connectivity index (χ4n) is 2.09. The second-order valence-corrected chi connectivity index (χ2v) is 6.98. The summed E-state index contributed by atoms with van der Waals surface area (Å²) in [6, 6.07) is 8.85. The van der Waals surface area contributed by atoms with Gasteiger partial charge in [-0.05, 0) is 43.3 Å². The van der Waals surface area contributed by atoms with E-state index in [0.717, 1.165) is 0 Å². The third kappa shape index (κ3) is 4.92. The Kier molecular flexibility index (Phi) is 6.13. The van der Waals surface area contributed by atoms with Gasteiger partial charge in [0.15, 0.2) is 0 Å². The summed E-state index contributed by atoms with van der Waals surface area (Å²) < 4.78 is 36.9. The highest BCUT2D eigenvalue weighted by Crippen LogP contribution is 2.11. The average molecular weight is 352 g/mol. The molecule has 0 aliphatic heterocycles. The largest absolute Gasteiger partial charge is 0.467 e. The van der Waals surface area contributed by atoms with Crippen LogP contribution in [0.5, 0.6) is 0 Å². The van der Waals surface area contributed by atoms with Crippen LogP contribution in [0.1, 0.15) is 23.0 Å². The van der Waals surface area contributed by atoms with Gasteiger partial charge >= 0.3 is 0 Å². The fraction of sp³-hybridized carbons (Fsp3) is 0.312. The van der Waals surface area contributed by atoms with Gasteiger partial charge in [0.25, 0.3) is 5.91 Å². The van der Waals surface area contributed by atoms with Gasteiger partial charge in [-0.2, -0.15) is 0 Å². The van der Waals surface area contributed by atoms with Crippen LogP contribution in [0.4, 0.5) is 0 Å². The molecule has 24 heavy (non-hydrogen) atoms. The lowest BCUT2D eigenvalue weighted by Crippen LogP contribution is -2.35. The third-order valence-corrected chi connectivity index (χ3v) is 4.81. The molecule has 1 aromatic carbocycles. The average Bonchev–Trinajstić information content (AvgIpc) is 3.06. The van der Waals surface area contributed by atoms with Crippen molar-refractivity contribution in [3.63, 3.8) is 0 Å². The van der Waals surface area contributed by atoms with Crippen LogP contribution < -0.4 is 10.0 Å². The van der Waals surface area contributed by atoms with E-state index in [1.165, 1.54) is 37.6 Å². The molecule has 0 saturated carbocycles. The minimum absolute atomic E-state index is 0.0908. The number of sulfonamides is 1. The number of carbonyl (C=O) groups is 1. The zero-order valence-electron chi connectivity index (χ0n) is 13.5. The summed E-state index contributed by atoms with van der Waals surface area (Å²) in [4.78, 5) is 12.1. The molecule has 1 aromatic heterocycles. The highest BCUT2D eigenvalue weighted by Gasteiger charge is 2.17. The van der Waals surface area contributed by atoms with Gasteiger partial charge in [-0.15, -0.1) is 0 Å². The first-order chi connectivity index (χ1) is 11.4. The summed E-state index contributed by atoms with van der Waals surface area (Å²) in [6.07, 6.45) is 1.53. The van der Waals surface area contributed by atoms with Gasteiger partial charge in [-0.3, -0.25) is 4.79 Å². The molecule has 0 spiro atoms. The highest BCUT2D eigenvalue weighted by atomic mass is 32.2. The van der Waals surface area contributed by atoms with Gasteiger partial charge in [0.05, 0.1) is 24.3 Å². The third-order valence-electron chi connectivity index (χ3n) is 3.20. The molecule has 1 heterocycles. The van der Waals surface area contributed by atoms with E-state index in [0.29, 0.717) is 11.3 Å². The van der Waals surface area contributed by atoms with Crippen LogP contribution >= 0.6 is 0 Å². The molecule has 0 bridgehead atoms. The highest BCUT2D eigenvalue weighted by molar-refractivity contribution is 7.89. The zero-order valence-corrected chi connectivity index (χ0v) is 14.3. The number of hydrogen-bond acceptors (Lipinski definition) is 5. The van der Waals surface area contributed by atoms with Gasteiger partial charge in [0.2, 0.25) is 10.0 Å². The van der Waals surface area contributed by atoms with Crippen molar-refractivity contribution in [3.05, 3.63) is 54.0 Å². The van der Waals surface area contributed by atoms with Crippen molar-refractivity contribution in [1.29, 1.82) is 0 Å². The van der Waals surface area contributed by atoms with Gasteiger partial charge in [-0.25, -0.2) is 13.1 Å². The monoisotopic (exact) mass is 352 g/mol. The fourth-order valence-corrected chi connectivity index (χ4v) is 3.31. The van der Waals surface area contributed by atoms with E-state index in [1.807, 2.05) is 0 Å². The normalized spacial score (nSPS) is 12.8. The Hall–Kier alpha value is -2.16. The second kappa shape index (κ2) is 8.09. The summed E-state index contributed by atoms with van der Waals surface area (Å²) >= 11 is 0. The molecule has 0 fully saturated rings. The molecule has 7 nitrogen and oxygen atoms in total. The van der Waals surface area contributed by atoms with Gasteiger partial charge in [0.1, 0.15) is 5.76 Å². The van der Waals surface area contributed by atoms with Crippen LogP contribution in [0.2, 0.25) is 0 Å². The molecule has 130 valence electrons. The molecule has 2 aromatic rings. The molecular formula is C16H20N2O5S. The summed E-state index contributed by atoms with van der Waals surface area (Å²) in [6.45, 7) is 2.24. The first-order valence-corrected chi connectivity index (χ1v) is 8.82. The summed E-state index contributed by atoms with van der Waals surface area (Å²) in [5.74, 6) is 0.329. The van der Waals surface area contributed by atoms with E-state index in [1.54, 1.807) is 19.1 Å². The van der Waals surface area contributed by atoms with E-state index in [4.69, 9.17) is 9.15 Å². The van der Waals surface area contributed by atoms with E-state index >= 15 is 0 Å². The van der Waals surface area contributed by atoms with Crippen molar-refractivity contribution in [2.75, 3.05) is 13.7 Å². The van der Waals surface area contributed by atoms with E-state index in [9.17, 15) is 13.2 Å². The maximum atomic E-state index is 12.2. The summed E-state index contributed by atoms with van der Waals surface area (Å²) in [5.41, 5.74) is 0.366. The quantitative estimate of drug-likeness (QED) is 0.751. The van der Waals surface area contributed by atoms with Crippen LogP contribution in [0, 0.1) is 0 Å². The predicted molar refractivity (Wildman–Crippen MR) is 88.0 cm³/mol. The number of furan rings is 1. The Bertz CT molecular complexity index is 754. The lowest BCUT2D eigenvalue weighted by Gasteiger charge is -2.13. The maximum Gasteiger partial charge on any atom is 0.251 e. The van der Waals surface area contributed by atoms with Gasteiger partial charge in [0, 0.05) is 18.7 Å². The smallest absolute Gasteiger partial charge is 0.251 e. The van der Waals surface area contributed by atoms with E-state index in [2.05, 4.69) is 10.0 Å². The maximum absolute atomic E-state index is 12.2. The molecule has 0 aliphatic carbocycles. The van der Waals surface area contributed by atoms with E-state index < -0.39 is 10.0 Å². The van der Waals surface area contributed by atoms with Crippen LogP contribution in [0.3, 0.4) is 0 Å². The number of benzene rings is 1. The lowest BCUT2D eigenvalue weighted by molar-refractivity contribution is 0.0948. The van der Waals surface area contributed by atoms with Crippen LogP contribution in [0.25, 0.3) is 0 Å². The minimum Gasteiger partial charge on any atom is -0.467 e. The number of rotatable bonds is 8. The molecule has 1 atom stereocenters. The second-order valence-electron chi connectivity index (χ2n) is 5.26. The molecule has 1 amide bonds. The molecule has 8 heteroatoms. The molecule has 0 unspecified atom stereocenters. The Balaban J connectivity index is 2.00. The van der Waals surface area contributed by atoms with Crippen LogP contribution in [-0.2, 0) is 21.3 Å². The number of ether oxygens (including phenoxy) is 1. The molecule has 2 rings (SSSR count). The van der Waals surface area contributed by atoms with E-state index in [-0.39, 0.29) is 30.0 Å². The van der Waals surface area contributed by atoms with Gasteiger partial charge < -0.3 is 14.5 Å². The molecule has 2 N–H and O–H groups in total. The molecular weight excluding hydrogens is 332 g/mol. The SMILES string of the molecule is COC[C@H](C)NS(=O)(=O)c1ccc(C(=O)NCc2ccco2)cc1. The first kappa shape index (κ1) is 18.2. The predicted octanol–water partition coefficient (Wildman–Crippen LogP) is 1.52. The lowest BCUT2D eigenvalue weighted by atomic mass is 10.2. The van der Waals surface area contributed by atoms with Crippen LogP contribution in [-0.4, -0.2) is 34.1 Å². The van der Waals surface area contributed by atoms with Crippen molar-refractivity contribution in [2.24, 2.45) is 0 Å². The summed E-state index contributed by atoms with van der Waals surface area (Å²) in [7, 11) is -2.15. The minimum atomic E-state index is -3.65. The van der Waals surface area contributed by atoms with Crippen molar-refractivity contribution in [1.82, 2.24) is 10.0 Å². The Morgan fingerprint density at radius 3 is 2.54 bits per heavy atom. The number of methoxy groups -OCH3 is 1. The van der Waals surface area contributed by atoms with Crippen molar-refractivity contribution in [3.8, 4) is 0 Å². The van der Waals surface area contributed by atoms with Crippen molar-refractivity contribution in [2.45, 2.75) is 24.4 Å². The molecule has 0 saturated heterocycles. The summed E-state index contributed by atoms with van der Waals surface area (Å²) in [5, 5.41) is 2.69. The van der Waals surface area contributed by atoms with Gasteiger partial charge in [-0.1, -0.05) is 0 Å². The standard InChI is InChI=1S/C16H20N2O5S/c1-12(11-22-2)18-24(20,21)15-7-5-13(6-8-15)16(19)17-10-14-4-3-9-23-14/h3-9,12,18H,10-11H2,1-2H3,(H,17,19)/t12-/m0/s1. The first-order valence-electron chi connectivity index (χ1n) is 7.34. The molecule has 0 radical (unpaired) electrons. The van der Waals surface area contributed by atoms with Crippen molar-refractivity contribution >= 4 is 15.9 Å². The molecule has 0 aliphatic rings. The Morgan fingerprint density at radius 1 is 1.25 bits per heavy atom.